The number of ether oxygens (including phenoxy) is 1. The third-order valence-corrected chi connectivity index (χ3v) is 2.22. The second kappa shape index (κ2) is 7.37. The van der Waals surface area contributed by atoms with Crippen molar-refractivity contribution < 1.29 is 4.74 Å². The summed E-state index contributed by atoms with van der Waals surface area (Å²) < 4.78 is 5.38. The van der Waals surface area contributed by atoms with E-state index in [4.69, 9.17) is 4.74 Å². The summed E-state index contributed by atoms with van der Waals surface area (Å²) in [4.78, 5) is 4.06. The van der Waals surface area contributed by atoms with Crippen molar-refractivity contribution in [2.75, 3.05) is 19.8 Å². The fraction of sp³-hybridized carbons (Fsp3) is 0.583. The van der Waals surface area contributed by atoms with E-state index in [0.29, 0.717) is 0 Å². The molecule has 0 aliphatic carbocycles. The number of aryl methyl sites for hydroxylation is 1. The van der Waals surface area contributed by atoms with Gasteiger partial charge in [0.25, 0.3) is 0 Å². The molecule has 1 heterocycles. The van der Waals surface area contributed by atoms with Gasteiger partial charge in [0.2, 0.25) is 0 Å². The van der Waals surface area contributed by atoms with Crippen LogP contribution in [-0.4, -0.2) is 24.7 Å². The number of nitrogens with zero attached hydrogens (tertiary/aromatic N) is 1. The molecule has 84 valence electrons. The first kappa shape index (κ1) is 12.1. The Hall–Kier alpha value is -0.930. The van der Waals surface area contributed by atoms with Crippen molar-refractivity contribution in [3.05, 3.63) is 29.6 Å². The van der Waals surface area contributed by atoms with Crippen LogP contribution in [0, 0.1) is 6.92 Å². The molecule has 0 aromatic carbocycles. The van der Waals surface area contributed by atoms with Crippen LogP contribution in [-0.2, 0) is 11.3 Å². The van der Waals surface area contributed by atoms with Gasteiger partial charge in [0.05, 0.1) is 6.61 Å². The Labute approximate surface area is 91.9 Å². The second-order valence-corrected chi connectivity index (χ2v) is 3.59. The van der Waals surface area contributed by atoms with Gasteiger partial charge in [0.15, 0.2) is 0 Å². The molecule has 0 bridgehead atoms. The van der Waals surface area contributed by atoms with Gasteiger partial charge in [-0.25, -0.2) is 0 Å². The summed E-state index contributed by atoms with van der Waals surface area (Å²) in [5, 5.41) is 3.35. The Morgan fingerprint density at radius 2 is 2.27 bits per heavy atom. The molecule has 1 aromatic heterocycles. The van der Waals surface area contributed by atoms with Crippen molar-refractivity contribution in [3.63, 3.8) is 0 Å². The summed E-state index contributed by atoms with van der Waals surface area (Å²) in [7, 11) is 0. The molecule has 0 aliphatic rings. The molecule has 15 heavy (non-hydrogen) atoms. The molecular formula is C12H20N2O. The van der Waals surface area contributed by atoms with Crippen molar-refractivity contribution in [1.29, 1.82) is 0 Å². The van der Waals surface area contributed by atoms with Crippen LogP contribution in [0.4, 0.5) is 0 Å². The molecule has 1 N–H and O–H groups in total. The number of aromatic nitrogens is 1. The summed E-state index contributed by atoms with van der Waals surface area (Å²) >= 11 is 0. The highest BCUT2D eigenvalue weighted by Crippen LogP contribution is 2.03. The number of hydrogen-bond acceptors (Lipinski definition) is 3. The smallest absolute Gasteiger partial charge is 0.0591 e. The molecule has 3 heteroatoms. The van der Waals surface area contributed by atoms with Gasteiger partial charge in [-0.3, -0.25) is 4.98 Å². The Bertz CT molecular complexity index is 276. The lowest BCUT2D eigenvalue weighted by atomic mass is 10.1. The van der Waals surface area contributed by atoms with E-state index < -0.39 is 0 Å². The standard InChI is InChI=1S/C12H20N2O/c1-3-7-15-8-6-14-10-12-4-5-13-9-11(12)2/h4-5,9,14H,3,6-8,10H2,1-2H3. The summed E-state index contributed by atoms with van der Waals surface area (Å²) in [5.74, 6) is 0. The maximum absolute atomic E-state index is 5.38. The van der Waals surface area contributed by atoms with Crippen LogP contribution in [0.5, 0.6) is 0 Å². The molecule has 0 saturated heterocycles. The van der Waals surface area contributed by atoms with Crippen molar-refractivity contribution in [3.8, 4) is 0 Å². The van der Waals surface area contributed by atoms with Crippen molar-refractivity contribution >= 4 is 0 Å². The zero-order chi connectivity index (χ0) is 10.9. The summed E-state index contributed by atoms with van der Waals surface area (Å²) in [5.41, 5.74) is 2.54. The largest absolute Gasteiger partial charge is 0.380 e. The highest BCUT2D eigenvalue weighted by molar-refractivity contribution is 5.20. The zero-order valence-electron chi connectivity index (χ0n) is 9.62. The minimum Gasteiger partial charge on any atom is -0.380 e. The normalized spacial score (nSPS) is 10.5. The first-order valence-corrected chi connectivity index (χ1v) is 5.52. The Kier molecular flexibility index (Phi) is 5.97. The average Bonchev–Trinajstić information content (AvgIpc) is 2.25. The van der Waals surface area contributed by atoms with Crippen LogP contribution in [0.15, 0.2) is 18.5 Å². The van der Waals surface area contributed by atoms with Gasteiger partial charge >= 0.3 is 0 Å². The van der Waals surface area contributed by atoms with Gasteiger partial charge in [-0.2, -0.15) is 0 Å². The van der Waals surface area contributed by atoms with Gasteiger partial charge in [-0.15, -0.1) is 0 Å². The van der Waals surface area contributed by atoms with Gasteiger partial charge in [-0.05, 0) is 30.5 Å². The highest BCUT2D eigenvalue weighted by atomic mass is 16.5. The van der Waals surface area contributed by atoms with Crippen LogP contribution >= 0.6 is 0 Å². The lowest BCUT2D eigenvalue weighted by Gasteiger charge is -2.07. The molecule has 1 rings (SSSR count). The van der Waals surface area contributed by atoms with E-state index in [-0.39, 0.29) is 0 Å². The van der Waals surface area contributed by atoms with Gasteiger partial charge in [0.1, 0.15) is 0 Å². The molecule has 0 unspecified atom stereocenters. The highest BCUT2D eigenvalue weighted by Gasteiger charge is 1.96. The number of pyridine rings is 1. The first-order chi connectivity index (χ1) is 7.34. The summed E-state index contributed by atoms with van der Waals surface area (Å²) in [6.45, 7) is 7.64. The molecule has 0 aliphatic heterocycles. The third-order valence-electron chi connectivity index (χ3n) is 2.22. The number of rotatable bonds is 7. The van der Waals surface area contributed by atoms with Crippen LogP contribution in [0.1, 0.15) is 24.5 Å². The second-order valence-electron chi connectivity index (χ2n) is 3.59. The van der Waals surface area contributed by atoms with Crippen LogP contribution in [0.3, 0.4) is 0 Å². The van der Waals surface area contributed by atoms with E-state index in [1.807, 2.05) is 12.4 Å². The third kappa shape index (κ3) is 4.91. The predicted octanol–water partition coefficient (Wildman–Crippen LogP) is 1.91. The molecule has 0 radical (unpaired) electrons. The Morgan fingerprint density at radius 3 is 3.00 bits per heavy atom. The average molecular weight is 208 g/mol. The minimum atomic E-state index is 0.790. The molecule has 1 aromatic rings. The molecule has 0 saturated carbocycles. The van der Waals surface area contributed by atoms with E-state index in [9.17, 15) is 0 Å². The Morgan fingerprint density at radius 1 is 1.40 bits per heavy atom. The van der Waals surface area contributed by atoms with Crippen molar-refractivity contribution in [2.24, 2.45) is 0 Å². The molecule has 0 atom stereocenters. The molecule has 0 amide bonds. The Balaban J connectivity index is 2.12. The van der Waals surface area contributed by atoms with Crippen LogP contribution in [0.2, 0.25) is 0 Å². The fourth-order valence-corrected chi connectivity index (χ4v) is 1.31. The van der Waals surface area contributed by atoms with Crippen LogP contribution in [0.25, 0.3) is 0 Å². The van der Waals surface area contributed by atoms with Gasteiger partial charge in [-0.1, -0.05) is 6.92 Å². The molecule has 3 nitrogen and oxygen atoms in total. The molecule has 0 fully saturated rings. The van der Waals surface area contributed by atoms with E-state index in [1.165, 1.54) is 11.1 Å². The van der Waals surface area contributed by atoms with E-state index in [2.05, 4.69) is 30.2 Å². The van der Waals surface area contributed by atoms with Gasteiger partial charge < -0.3 is 10.1 Å². The minimum absolute atomic E-state index is 0.790. The van der Waals surface area contributed by atoms with E-state index >= 15 is 0 Å². The quantitative estimate of drug-likeness (QED) is 0.695. The number of nitrogens with one attached hydrogen (secondary N) is 1. The summed E-state index contributed by atoms with van der Waals surface area (Å²) in [6, 6.07) is 2.05. The lowest BCUT2D eigenvalue weighted by molar-refractivity contribution is 0.136. The predicted molar refractivity (Wildman–Crippen MR) is 61.8 cm³/mol. The van der Waals surface area contributed by atoms with E-state index in [0.717, 1.165) is 32.7 Å². The van der Waals surface area contributed by atoms with Crippen molar-refractivity contribution in [2.45, 2.75) is 26.8 Å². The van der Waals surface area contributed by atoms with E-state index in [1.54, 1.807) is 0 Å². The number of hydrogen-bond donors (Lipinski definition) is 1. The lowest BCUT2D eigenvalue weighted by Crippen LogP contribution is -2.19. The maximum Gasteiger partial charge on any atom is 0.0591 e. The monoisotopic (exact) mass is 208 g/mol. The fourth-order valence-electron chi connectivity index (χ4n) is 1.31. The summed E-state index contributed by atoms with van der Waals surface area (Å²) in [6.07, 6.45) is 4.81. The first-order valence-electron chi connectivity index (χ1n) is 5.52. The maximum atomic E-state index is 5.38. The zero-order valence-corrected chi connectivity index (χ0v) is 9.62. The van der Waals surface area contributed by atoms with Crippen molar-refractivity contribution in [1.82, 2.24) is 10.3 Å². The SMILES string of the molecule is CCCOCCNCc1ccncc1C. The molecular weight excluding hydrogens is 188 g/mol. The van der Waals surface area contributed by atoms with Crippen LogP contribution < -0.4 is 5.32 Å². The van der Waals surface area contributed by atoms with Gasteiger partial charge in [0, 0.05) is 32.1 Å². The topological polar surface area (TPSA) is 34.1 Å². The molecule has 0 spiro atoms.